The maximum Gasteiger partial charge on any atom is 0.227 e. The first-order chi connectivity index (χ1) is 11.1. The van der Waals surface area contributed by atoms with Crippen LogP contribution in [0, 0.1) is 0 Å². The number of amides is 1. The Morgan fingerprint density at radius 2 is 2.13 bits per heavy atom. The molecule has 0 saturated carbocycles. The van der Waals surface area contributed by atoms with Crippen LogP contribution in [0.4, 0.5) is 5.69 Å². The summed E-state index contributed by atoms with van der Waals surface area (Å²) in [6.45, 7) is 0. The van der Waals surface area contributed by atoms with E-state index in [4.69, 9.17) is 16.1 Å². The van der Waals surface area contributed by atoms with E-state index in [9.17, 15) is 4.79 Å². The van der Waals surface area contributed by atoms with Gasteiger partial charge in [-0.25, -0.2) is 0 Å². The molecule has 0 aliphatic heterocycles. The third kappa shape index (κ3) is 3.95. The Kier molecular flexibility index (Phi) is 4.38. The van der Waals surface area contributed by atoms with Gasteiger partial charge in [0.15, 0.2) is 0 Å². The maximum atomic E-state index is 11.9. The molecule has 0 fully saturated rings. The molecule has 1 aromatic carbocycles. The van der Waals surface area contributed by atoms with Crippen LogP contribution >= 0.6 is 11.6 Å². The highest BCUT2D eigenvalue weighted by atomic mass is 35.5. The highest BCUT2D eigenvalue weighted by Crippen LogP contribution is 2.19. The van der Waals surface area contributed by atoms with E-state index in [0.29, 0.717) is 28.8 Å². The molecule has 7 nitrogen and oxygen atoms in total. The van der Waals surface area contributed by atoms with E-state index in [1.807, 2.05) is 12.1 Å². The Bertz CT molecular complexity index is 809. The maximum absolute atomic E-state index is 11.9. The van der Waals surface area contributed by atoms with Crippen LogP contribution in [0.2, 0.25) is 5.02 Å². The monoisotopic (exact) mass is 331 g/mol. The summed E-state index contributed by atoms with van der Waals surface area (Å²) >= 11 is 5.84. The molecule has 0 bridgehead atoms. The van der Waals surface area contributed by atoms with Crippen molar-refractivity contribution in [3.63, 3.8) is 0 Å². The number of halogens is 1. The lowest BCUT2D eigenvalue weighted by Gasteiger charge is -1.99. The lowest BCUT2D eigenvalue weighted by molar-refractivity contribution is -0.116. The van der Waals surface area contributed by atoms with Gasteiger partial charge >= 0.3 is 0 Å². The number of anilines is 1. The molecule has 0 aliphatic carbocycles. The number of benzene rings is 1. The summed E-state index contributed by atoms with van der Waals surface area (Å²) in [4.78, 5) is 16.1. The smallest absolute Gasteiger partial charge is 0.227 e. The van der Waals surface area contributed by atoms with Crippen LogP contribution in [-0.2, 0) is 18.3 Å². The lowest BCUT2D eigenvalue weighted by atomic mass is 10.2. The molecule has 0 unspecified atom stereocenters. The van der Waals surface area contributed by atoms with E-state index in [0.717, 1.165) is 5.56 Å². The summed E-state index contributed by atoms with van der Waals surface area (Å²) in [5.74, 6) is 0.755. The van der Waals surface area contributed by atoms with Gasteiger partial charge in [-0.05, 0) is 24.3 Å². The average Bonchev–Trinajstić information content (AvgIpc) is 3.15. The van der Waals surface area contributed by atoms with Gasteiger partial charge in [0.2, 0.25) is 17.6 Å². The van der Waals surface area contributed by atoms with Crippen molar-refractivity contribution in [1.29, 1.82) is 0 Å². The van der Waals surface area contributed by atoms with E-state index in [2.05, 4.69) is 20.6 Å². The minimum Gasteiger partial charge on any atom is -0.339 e. The molecule has 0 spiro atoms. The number of aromatic nitrogens is 4. The summed E-state index contributed by atoms with van der Waals surface area (Å²) in [7, 11) is 1.78. The molecule has 0 saturated heterocycles. The summed E-state index contributed by atoms with van der Waals surface area (Å²) in [6, 6.07) is 7.14. The summed E-state index contributed by atoms with van der Waals surface area (Å²) in [6.07, 6.45) is 3.93. The first-order valence-electron chi connectivity index (χ1n) is 6.97. The second-order valence-electron chi connectivity index (χ2n) is 4.97. The van der Waals surface area contributed by atoms with Crippen molar-refractivity contribution in [2.75, 3.05) is 5.32 Å². The van der Waals surface area contributed by atoms with Crippen molar-refractivity contribution in [2.45, 2.75) is 12.8 Å². The van der Waals surface area contributed by atoms with Gasteiger partial charge in [-0.3, -0.25) is 9.48 Å². The van der Waals surface area contributed by atoms with E-state index in [-0.39, 0.29) is 12.3 Å². The molecule has 1 N–H and O–H groups in total. The topological polar surface area (TPSA) is 85.8 Å². The van der Waals surface area contributed by atoms with Gasteiger partial charge in [-0.1, -0.05) is 16.8 Å². The van der Waals surface area contributed by atoms with Crippen LogP contribution in [-0.4, -0.2) is 25.8 Å². The Balaban J connectivity index is 1.56. The predicted molar refractivity (Wildman–Crippen MR) is 84.9 cm³/mol. The molecule has 8 heteroatoms. The number of nitrogens with zero attached hydrogens (tertiary/aromatic N) is 4. The number of hydrogen-bond acceptors (Lipinski definition) is 5. The number of carbonyl (C=O) groups excluding carboxylic acids is 1. The van der Waals surface area contributed by atoms with Gasteiger partial charge < -0.3 is 9.84 Å². The van der Waals surface area contributed by atoms with Crippen LogP contribution in [0.15, 0.2) is 41.2 Å². The van der Waals surface area contributed by atoms with Crippen molar-refractivity contribution in [2.24, 2.45) is 7.05 Å². The first kappa shape index (κ1) is 15.2. The summed E-state index contributed by atoms with van der Waals surface area (Å²) in [5.41, 5.74) is 1.47. The fraction of sp³-hybridized carbons (Fsp3) is 0.200. The summed E-state index contributed by atoms with van der Waals surface area (Å²) < 4.78 is 6.78. The Hall–Kier alpha value is -2.67. The van der Waals surface area contributed by atoms with Crippen molar-refractivity contribution < 1.29 is 9.32 Å². The second kappa shape index (κ2) is 6.62. The standard InChI is InChI=1S/C15H14ClN5O2/c1-21-9-12(8-17-21)18-13(22)6-7-14-19-15(20-23-14)10-2-4-11(16)5-3-10/h2-5,8-9H,6-7H2,1H3,(H,18,22). The number of carbonyl (C=O) groups is 1. The van der Waals surface area contributed by atoms with E-state index in [1.165, 1.54) is 0 Å². The van der Waals surface area contributed by atoms with Gasteiger partial charge in [-0.15, -0.1) is 0 Å². The van der Waals surface area contributed by atoms with E-state index in [1.54, 1.807) is 36.3 Å². The number of nitrogens with one attached hydrogen (secondary N) is 1. The van der Waals surface area contributed by atoms with E-state index < -0.39 is 0 Å². The fourth-order valence-electron chi connectivity index (χ4n) is 2.00. The molecular weight excluding hydrogens is 318 g/mol. The molecule has 1 amide bonds. The van der Waals surface area contributed by atoms with Crippen molar-refractivity contribution >= 4 is 23.2 Å². The zero-order valence-corrected chi connectivity index (χ0v) is 13.1. The van der Waals surface area contributed by atoms with Crippen LogP contribution in [0.3, 0.4) is 0 Å². The molecule has 2 heterocycles. The third-order valence-corrected chi connectivity index (χ3v) is 3.38. The quantitative estimate of drug-likeness (QED) is 0.776. The van der Waals surface area contributed by atoms with Gasteiger partial charge in [-0.2, -0.15) is 10.1 Å². The zero-order valence-electron chi connectivity index (χ0n) is 12.4. The molecule has 0 atom stereocenters. The van der Waals surface area contributed by atoms with Crippen molar-refractivity contribution in [3.05, 3.63) is 47.6 Å². The van der Waals surface area contributed by atoms with Gasteiger partial charge in [0, 0.05) is 36.7 Å². The number of rotatable bonds is 5. The summed E-state index contributed by atoms with van der Waals surface area (Å²) in [5, 5.41) is 11.3. The molecule has 23 heavy (non-hydrogen) atoms. The second-order valence-corrected chi connectivity index (χ2v) is 5.41. The predicted octanol–water partition coefficient (Wildman–Crippen LogP) is 2.69. The molecular formula is C15H14ClN5O2. The van der Waals surface area contributed by atoms with E-state index >= 15 is 0 Å². The highest BCUT2D eigenvalue weighted by Gasteiger charge is 2.11. The average molecular weight is 332 g/mol. The Morgan fingerprint density at radius 3 is 2.83 bits per heavy atom. The third-order valence-electron chi connectivity index (χ3n) is 3.13. The normalized spacial score (nSPS) is 10.7. The largest absolute Gasteiger partial charge is 0.339 e. The zero-order chi connectivity index (χ0) is 16.2. The fourth-order valence-corrected chi connectivity index (χ4v) is 2.13. The molecule has 0 radical (unpaired) electrons. The lowest BCUT2D eigenvalue weighted by Crippen LogP contribution is -2.11. The highest BCUT2D eigenvalue weighted by molar-refractivity contribution is 6.30. The van der Waals surface area contributed by atoms with Crippen molar-refractivity contribution in [1.82, 2.24) is 19.9 Å². The van der Waals surface area contributed by atoms with Crippen LogP contribution < -0.4 is 5.32 Å². The number of aryl methyl sites for hydroxylation is 2. The van der Waals surface area contributed by atoms with Crippen molar-refractivity contribution in [3.8, 4) is 11.4 Å². The molecule has 2 aromatic heterocycles. The van der Waals surface area contributed by atoms with Crippen LogP contribution in [0.25, 0.3) is 11.4 Å². The molecule has 0 aliphatic rings. The van der Waals surface area contributed by atoms with Crippen LogP contribution in [0.5, 0.6) is 0 Å². The SMILES string of the molecule is Cn1cc(NC(=O)CCc2nc(-c3ccc(Cl)cc3)no2)cn1. The van der Waals surface area contributed by atoms with Gasteiger partial charge in [0.1, 0.15) is 0 Å². The minimum absolute atomic E-state index is 0.135. The first-order valence-corrected chi connectivity index (χ1v) is 7.35. The molecule has 118 valence electrons. The Morgan fingerprint density at radius 1 is 1.35 bits per heavy atom. The van der Waals surface area contributed by atoms with Crippen LogP contribution in [0.1, 0.15) is 12.3 Å². The minimum atomic E-state index is -0.135. The molecule has 3 rings (SSSR count). The van der Waals surface area contributed by atoms with Gasteiger partial charge in [0.05, 0.1) is 11.9 Å². The van der Waals surface area contributed by atoms with Gasteiger partial charge in [0.25, 0.3) is 0 Å². The Labute approximate surface area is 137 Å². The number of hydrogen-bond donors (Lipinski definition) is 1. The molecule has 3 aromatic rings.